The fourth-order valence-corrected chi connectivity index (χ4v) is 1.40. The van der Waals surface area contributed by atoms with Crippen molar-refractivity contribution in [2.75, 3.05) is 13.1 Å². The molecule has 0 spiro atoms. The van der Waals surface area contributed by atoms with Crippen molar-refractivity contribution in [3.05, 3.63) is 30.1 Å². The Morgan fingerprint density at radius 3 is 2.63 bits per heavy atom. The van der Waals surface area contributed by atoms with Crippen LogP contribution in [0.1, 0.15) is 19.8 Å². The van der Waals surface area contributed by atoms with E-state index in [4.69, 9.17) is 10.5 Å². The van der Waals surface area contributed by atoms with Gasteiger partial charge in [0.15, 0.2) is 0 Å². The van der Waals surface area contributed by atoms with Crippen molar-refractivity contribution >= 4 is 18.3 Å². The number of hydrogen-bond acceptors (Lipinski definition) is 3. The Kier molecular flexibility index (Phi) is 8.91. The van der Waals surface area contributed by atoms with Gasteiger partial charge in [-0.15, -0.1) is 12.4 Å². The summed E-state index contributed by atoms with van der Waals surface area (Å²) in [5.74, 6) is 0.250. The monoisotopic (exact) mass is 290 g/mol. The molecule has 108 valence electrons. The largest absolute Gasteiger partial charge is 0.489 e. The van der Waals surface area contributed by atoms with Crippen LogP contribution in [0.15, 0.2) is 24.3 Å². The zero-order valence-corrected chi connectivity index (χ0v) is 11.7. The predicted molar refractivity (Wildman–Crippen MR) is 75.0 cm³/mol. The third-order valence-electron chi connectivity index (χ3n) is 2.35. The summed E-state index contributed by atoms with van der Waals surface area (Å²) in [6.07, 6.45) is 0.941. The summed E-state index contributed by atoms with van der Waals surface area (Å²) in [7, 11) is 0. The van der Waals surface area contributed by atoms with Gasteiger partial charge in [-0.25, -0.2) is 4.39 Å². The molecular formula is C13H20ClFN2O2. The quantitative estimate of drug-likeness (QED) is 0.806. The molecule has 1 atom stereocenters. The molecule has 1 amide bonds. The first kappa shape index (κ1) is 17.7. The summed E-state index contributed by atoms with van der Waals surface area (Å²) in [5.41, 5.74) is 5.31. The zero-order valence-electron chi connectivity index (χ0n) is 10.9. The Balaban J connectivity index is 0.00000324. The Morgan fingerprint density at radius 1 is 1.42 bits per heavy atom. The Labute approximate surface area is 118 Å². The van der Waals surface area contributed by atoms with Gasteiger partial charge in [0.1, 0.15) is 17.7 Å². The smallest absolute Gasteiger partial charge is 0.220 e. The molecule has 0 aliphatic heterocycles. The van der Waals surface area contributed by atoms with Gasteiger partial charge in [-0.2, -0.15) is 0 Å². The maximum atomic E-state index is 12.7. The average Bonchev–Trinajstić information content (AvgIpc) is 2.36. The average molecular weight is 291 g/mol. The van der Waals surface area contributed by atoms with Gasteiger partial charge in [0.2, 0.25) is 5.91 Å². The van der Waals surface area contributed by atoms with E-state index in [-0.39, 0.29) is 30.2 Å². The Hall–Kier alpha value is -1.33. The molecule has 1 aromatic carbocycles. The Morgan fingerprint density at radius 2 is 2.05 bits per heavy atom. The summed E-state index contributed by atoms with van der Waals surface area (Å²) >= 11 is 0. The van der Waals surface area contributed by atoms with Crippen molar-refractivity contribution in [2.45, 2.75) is 25.9 Å². The van der Waals surface area contributed by atoms with Crippen LogP contribution in [0, 0.1) is 5.82 Å². The number of hydrogen-bond donors (Lipinski definition) is 2. The van der Waals surface area contributed by atoms with E-state index in [1.54, 1.807) is 12.1 Å². The van der Waals surface area contributed by atoms with E-state index in [2.05, 4.69) is 5.32 Å². The second-order valence-electron chi connectivity index (χ2n) is 4.08. The topological polar surface area (TPSA) is 64.4 Å². The van der Waals surface area contributed by atoms with Crippen LogP contribution in [0.3, 0.4) is 0 Å². The SMILES string of the molecule is CC(CNC(=O)CCCN)Oc1ccc(F)cc1.Cl. The van der Waals surface area contributed by atoms with Crippen molar-refractivity contribution in [3.63, 3.8) is 0 Å². The van der Waals surface area contributed by atoms with Gasteiger partial charge in [0.05, 0.1) is 6.54 Å². The molecule has 1 unspecified atom stereocenters. The second kappa shape index (κ2) is 9.58. The summed E-state index contributed by atoms with van der Waals surface area (Å²) in [4.78, 5) is 11.3. The highest BCUT2D eigenvalue weighted by Crippen LogP contribution is 2.12. The summed E-state index contributed by atoms with van der Waals surface area (Å²) in [6, 6.07) is 5.79. The number of carbonyl (C=O) groups is 1. The minimum Gasteiger partial charge on any atom is -0.489 e. The number of ether oxygens (including phenoxy) is 1. The molecule has 1 rings (SSSR count). The molecule has 3 N–H and O–H groups in total. The van der Waals surface area contributed by atoms with Crippen LogP contribution in [0.25, 0.3) is 0 Å². The maximum absolute atomic E-state index is 12.7. The van der Waals surface area contributed by atoms with Gasteiger partial charge in [-0.1, -0.05) is 0 Å². The van der Waals surface area contributed by atoms with Gasteiger partial charge in [0, 0.05) is 6.42 Å². The predicted octanol–water partition coefficient (Wildman–Crippen LogP) is 1.87. The highest BCUT2D eigenvalue weighted by molar-refractivity contribution is 5.85. The van der Waals surface area contributed by atoms with Crippen LogP contribution >= 0.6 is 12.4 Å². The van der Waals surface area contributed by atoms with Crippen LogP contribution in [0.2, 0.25) is 0 Å². The highest BCUT2D eigenvalue weighted by Gasteiger charge is 2.06. The van der Waals surface area contributed by atoms with Crippen LogP contribution < -0.4 is 15.8 Å². The van der Waals surface area contributed by atoms with Gasteiger partial charge < -0.3 is 15.8 Å². The number of rotatable bonds is 7. The fourth-order valence-electron chi connectivity index (χ4n) is 1.40. The lowest BCUT2D eigenvalue weighted by Crippen LogP contribution is -2.33. The van der Waals surface area contributed by atoms with Crippen molar-refractivity contribution in [3.8, 4) is 5.75 Å². The van der Waals surface area contributed by atoms with E-state index in [0.29, 0.717) is 31.7 Å². The number of amides is 1. The lowest BCUT2D eigenvalue weighted by molar-refractivity contribution is -0.121. The van der Waals surface area contributed by atoms with Crippen LogP contribution in [-0.2, 0) is 4.79 Å². The summed E-state index contributed by atoms with van der Waals surface area (Å²) < 4.78 is 18.2. The number of nitrogens with one attached hydrogen (secondary N) is 1. The van der Waals surface area contributed by atoms with Crippen LogP contribution in [-0.4, -0.2) is 25.1 Å². The molecule has 0 aromatic heterocycles. The summed E-state index contributed by atoms with van der Waals surface area (Å²) in [5, 5.41) is 2.76. The van der Waals surface area contributed by atoms with Crippen molar-refractivity contribution < 1.29 is 13.9 Å². The third kappa shape index (κ3) is 7.64. The lowest BCUT2D eigenvalue weighted by atomic mass is 10.3. The van der Waals surface area contributed by atoms with E-state index < -0.39 is 0 Å². The van der Waals surface area contributed by atoms with E-state index >= 15 is 0 Å². The first-order valence-corrected chi connectivity index (χ1v) is 6.01. The highest BCUT2D eigenvalue weighted by atomic mass is 35.5. The summed E-state index contributed by atoms with van der Waals surface area (Å²) in [6.45, 7) is 2.77. The van der Waals surface area contributed by atoms with Gasteiger partial charge >= 0.3 is 0 Å². The standard InChI is InChI=1S/C13H19FN2O2.ClH/c1-10(9-16-13(17)3-2-8-15)18-12-6-4-11(14)5-7-12;/h4-7,10H,2-3,8-9,15H2,1H3,(H,16,17);1H. The molecular weight excluding hydrogens is 271 g/mol. The van der Waals surface area contributed by atoms with Crippen molar-refractivity contribution in [1.29, 1.82) is 0 Å². The van der Waals surface area contributed by atoms with Gasteiger partial charge in [-0.05, 0) is 44.2 Å². The van der Waals surface area contributed by atoms with Crippen LogP contribution in [0.5, 0.6) is 5.75 Å². The third-order valence-corrected chi connectivity index (χ3v) is 2.35. The first-order chi connectivity index (χ1) is 8.61. The van der Waals surface area contributed by atoms with E-state index in [0.717, 1.165) is 0 Å². The van der Waals surface area contributed by atoms with E-state index in [1.165, 1.54) is 12.1 Å². The molecule has 0 fully saturated rings. The molecule has 6 heteroatoms. The molecule has 1 aromatic rings. The van der Waals surface area contributed by atoms with E-state index in [9.17, 15) is 9.18 Å². The Bertz CT molecular complexity index is 373. The molecule has 0 aliphatic rings. The van der Waals surface area contributed by atoms with Crippen LogP contribution in [0.4, 0.5) is 4.39 Å². The lowest BCUT2D eigenvalue weighted by Gasteiger charge is -2.15. The minimum absolute atomic E-state index is 0. The number of carbonyl (C=O) groups excluding carboxylic acids is 1. The molecule has 4 nitrogen and oxygen atoms in total. The molecule has 0 heterocycles. The molecule has 19 heavy (non-hydrogen) atoms. The van der Waals surface area contributed by atoms with Gasteiger partial charge in [0.25, 0.3) is 0 Å². The number of benzene rings is 1. The van der Waals surface area contributed by atoms with Crippen molar-refractivity contribution in [2.24, 2.45) is 5.73 Å². The van der Waals surface area contributed by atoms with Crippen molar-refractivity contribution in [1.82, 2.24) is 5.32 Å². The zero-order chi connectivity index (χ0) is 13.4. The number of halogens is 2. The molecule has 0 bridgehead atoms. The maximum Gasteiger partial charge on any atom is 0.220 e. The number of nitrogens with two attached hydrogens (primary N) is 1. The first-order valence-electron chi connectivity index (χ1n) is 6.01. The molecule has 0 radical (unpaired) electrons. The molecule has 0 aliphatic carbocycles. The normalized spacial score (nSPS) is 11.3. The fraction of sp³-hybridized carbons (Fsp3) is 0.462. The minimum atomic E-state index is -0.301. The second-order valence-corrected chi connectivity index (χ2v) is 4.08. The molecule has 0 saturated carbocycles. The molecule has 0 saturated heterocycles. The van der Waals surface area contributed by atoms with Gasteiger partial charge in [-0.3, -0.25) is 4.79 Å². The van der Waals surface area contributed by atoms with E-state index in [1.807, 2.05) is 6.92 Å².